The second-order valence-electron chi connectivity index (χ2n) is 5.38. The third-order valence-electron chi connectivity index (χ3n) is 3.90. The second kappa shape index (κ2) is 7.07. The first-order valence-corrected chi connectivity index (χ1v) is 8.78. The topological polar surface area (TPSA) is 60.9 Å². The Morgan fingerprint density at radius 1 is 1.33 bits per heavy atom. The quantitative estimate of drug-likeness (QED) is 0.893. The predicted molar refractivity (Wildman–Crippen MR) is 83.2 cm³/mol. The summed E-state index contributed by atoms with van der Waals surface area (Å²) in [5, 5.41) is 9.69. The molecule has 0 atom stereocenters. The lowest BCUT2D eigenvalue weighted by Crippen LogP contribution is -2.45. The van der Waals surface area contributed by atoms with E-state index in [4.69, 9.17) is 16.7 Å². The monoisotopic (exact) mass is 332 g/mol. The Bertz CT molecular complexity index is 571. The highest BCUT2D eigenvalue weighted by Gasteiger charge is 2.31. The minimum absolute atomic E-state index is 0.128. The van der Waals surface area contributed by atoms with Crippen LogP contribution in [0.4, 0.5) is 0 Å². The van der Waals surface area contributed by atoms with Gasteiger partial charge in [0.2, 0.25) is 0 Å². The molecule has 0 radical (unpaired) electrons. The first-order valence-electron chi connectivity index (χ1n) is 7.01. The number of benzene rings is 1. The lowest BCUT2D eigenvalue weighted by Gasteiger charge is -2.33. The van der Waals surface area contributed by atoms with E-state index in [2.05, 4.69) is 0 Å². The molecular weight excluding hydrogens is 312 g/mol. The van der Waals surface area contributed by atoms with E-state index in [-0.39, 0.29) is 19.1 Å². The molecule has 0 aliphatic carbocycles. The second-order valence-corrected chi connectivity index (χ2v) is 7.82. The van der Waals surface area contributed by atoms with Gasteiger partial charge in [0, 0.05) is 38.3 Å². The Labute approximate surface area is 131 Å². The highest BCUT2D eigenvalue weighted by Crippen LogP contribution is 2.23. The molecule has 0 saturated carbocycles. The molecule has 5 nitrogen and oxygen atoms in total. The molecule has 1 N–H and O–H groups in total. The number of hydrogen-bond acceptors (Lipinski definition) is 3. The third kappa shape index (κ3) is 3.96. The lowest BCUT2D eigenvalue weighted by atomic mass is 10.00. The van der Waals surface area contributed by atoms with Crippen molar-refractivity contribution in [2.75, 3.05) is 26.7 Å². The summed E-state index contributed by atoms with van der Waals surface area (Å²) in [7, 11) is -1.92. The number of piperidine rings is 1. The predicted octanol–water partition coefficient (Wildman–Crippen LogP) is 1.72. The van der Waals surface area contributed by atoms with Crippen molar-refractivity contribution < 1.29 is 13.5 Å². The van der Waals surface area contributed by atoms with Crippen LogP contribution in [0.25, 0.3) is 0 Å². The molecule has 0 aromatic heterocycles. The maximum Gasteiger partial charge on any atom is 0.282 e. The maximum absolute atomic E-state index is 12.5. The zero-order valence-electron chi connectivity index (χ0n) is 12.1. The molecule has 7 heteroatoms. The zero-order chi connectivity index (χ0) is 15.5. The van der Waals surface area contributed by atoms with E-state index in [1.165, 1.54) is 8.61 Å². The lowest BCUT2D eigenvalue weighted by molar-refractivity contribution is 0.166. The van der Waals surface area contributed by atoms with Crippen LogP contribution in [-0.4, -0.2) is 48.9 Å². The van der Waals surface area contributed by atoms with Gasteiger partial charge < -0.3 is 5.11 Å². The van der Waals surface area contributed by atoms with Gasteiger partial charge in [0.05, 0.1) is 0 Å². The summed E-state index contributed by atoms with van der Waals surface area (Å²) in [6.45, 7) is 1.30. The molecule has 1 aromatic rings. The van der Waals surface area contributed by atoms with Crippen LogP contribution >= 0.6 is 11.6 Å². The summed E-state index contributed by atoms with van der Waals surface area (Å²) >= 11 is 6.08. The van der Waals surface area contributed by atoms with E-state index in [1.54, 1.807) is 13.1 Å². The molecule has 21 heavy (non-hydrogen) atoms. The van der Waals surface area contributed by atoms with Crippen molar-refractivity contribution in [1.82, 2.24) is 8.61 Å². The van der Waals surface area contributed by atoms with Crippen LogP contribution in [0.2, 0.25) is 5.02 Å². The van der Waals surface area contributed by atoms with E-state index >= 15 is 0 Å². The normalized spacial score (nSPS) is 18.3. The van der Waals surface area contributed by atoms with Crippen molar-refractivity contribution in [2.24, 2.45) is 5.92 Å². The van der Waals surface area contributed by atoms with Crippen molar-refractivity contribution in [2.45, 2.75) is 19.4 Å². The number of hydrogen-bond donors (Lipinski definition) is 1. The van der Waals surface area contributed by atoms with Crippen LogP contribution in [0.5, 0.6) is 0 Å². The molecule has 1 heterocycles. The minimum Gasteiger partial charge on any atom is -0.396 e. The van der Waals surface area contributed by atoms with Crippen molar-refractivity contribution in [3.05, 3.63) is 34.9 Å². The van der Waals surface area contributed by atoms with Crippen molar-refractivity contribution >= 4 is 21.8 Å². The van der Waals surface area contributed by atoms with Gasteiger partial charge in [-0.25, -0.2) is 0 Å². The Morgan fingerprint density at radius 2 is 1.95 bits per heavy atom. The van der Waals surface area contributed by atoms with Gasteiger partial charge in [-0.15, -0.1) is 0 Å². The molecule has 118 valence electrons. The van der Waals surface area contributed by atoms with Crippen LogP contribution in [0.15, 0.2) is 24.3 Å². The summed E-state index contributed by atoms with van der Waals surface area (Å²) in [6.07, 6.45) is 1.41. The Hall–Kier alpha value is -0.660. The van der Waals surface area contributed by atoms with Gasteiger partial charge in [-0.05, 0) is 30.4 Å². The molecule has 0 spiro atoms. The molecule has 1 aliphatic heterocycles. The van der Waals surface area contributed by atoms with Gasteiger partial charge in [-0.3, -0.25) is 0 Å². The Kier molecular flexibility index (Phi) is 5.62. The van der Waals surface area contributed by atoms with Crippen molar-refractivity contribution in [3.63, 3.8) is 0 Å². The van der Waals surface area contributed by atoms with E-state index in [9.17, 15) is 8.42 Å². The minimum atomic E-state index is -3.48. The van der Waals surface area contributed by atoms with E-state index in [0.29, 0.717) is 31.0 Å². The van der Waals surface area contributed by atoms with Crippen LogP contribution < -0.4 is 0 Å². The van der Waals surface area contributed by atoms with Crippen LogP contribution in [0, 0.1) is 5.92 Å². The van der Waals surface area contributed by atoms with Gasteiger partial charge in [0.25, 0.3) is 10.2 Å². The largest absolute Gasteiger partial charge is 0.396 e. The van der Waals surface area contributed by atoms with Gasteiger partial charge in [-0.2, -0.15) is 17.0 Å². The smallest absolute Gasteiger partial charge is 0.282 e. The number of rotatable bonds is 5. The number of aliphatic hydroxyl groups is 1. The number of halogens is 1. The fourth-order valence-corrected chi connectivity index (χ4v) is 4.03. The third-order valence-corrected chi connectivity index (χ3v) is 6.21. The van der Waals surface area contributed by atoms with E-state index in [0.717, 1.165) is 5.56 Å². The van der Waals surface area contributed by atoms with Crippen LogP contribution in [0.1, 0.15) is 18.4 Å². The molecule has 1 aromatic carbocycles. The van der Waals surface area contributed by atoms with Gasteiger partial charge >= 0.3 is 0 Å². The van der Waals surface area contributed by atoms with Gasteiger partial charge in [0.15, 0.2) is 0 Å². The number of nitrogens with zero attached hydrogens (tertiary/aromatic N) is 2. The molecule has 0 amide bonds. The standard InChI is InChI=1S/C14H21ClN2O3S/c1-16(10-13-4-2-3-5-14(13)15)21(19,20)17-8-6-12(11-18)7-9-17/h2-5,12,18H,6-11H2,1H3. The highest BCUT2D eigenvalue weighted by atomic mass is 35.5. The average molecular weight is 333 g/mol. The Morgan fingerprint density at radius 3 is 2.52 bits per heavy atom. The summed E-state index contributed by atoms with van der Waals surface area (Å²) in [4.78, 5) is 0. The van der Waals surface area contributed by atoms with E-state index < -0.39 is 10.2 Å². The first kappa shape index (κ1) is 16.7. The fraction of sp³-hybridized carbons (Fsp3) is 0.571. The van der Waals surface area contributed by atoms with Crippen LogP contribution in [0.3, 0.4) is 0 Å². The average Bonchev–Trinajstić information content (AvgIpc) is 2.49. The fourth-order valence-electron chi connectivity index (χ4n) is 2.47. The first-order chi connectivity index (χ1) is 9.95. The molecule has 1 fully saturated rings. The maximum atomic E-state index is 12.5. The SMILES string of the molecule is CN(Cc1ccccc1Cl)S(=O)(=O)N1CCC(CO)CC1. The number of aliphatic hydroxyl groups excluding tert-OH is 1. The Balaban J connectivity index is 2.04. The molecule has 1 saturated heterocycles. The zero-order valence-corrected chi connectivity index (χ0v) is 13.6. The molecule has 2 rings (SSSR count). The van der Waals surface area contributed by atoms with E-state index in [1.807, 2.05) is 18.2 Å². The van der Waals surface area contributed by atoms with Gasteiger partial charge in [0.1, 0.15) is 0 Å². The molecule has 0 bridgehead atoms. The summed E-state index contributed by atoms with van der Waals surface area (Å²) < 4.78 is 27.9. The summed E-state index contributed by atoms with van der Waals surface area (Å²) in [6, 6.07) is 7.24. The molecule has 1 aliphatic rings. The molecular formula is C14H21ClN2O3S. The van der Waals surface area contributed by atoms with Crippen LogP contribution in [-0.2, 0) is 16.8 Å². The summed E-state index contributed by atoms with van der Waals surface area (Å²) in [5.41, 5.74) is 0.787. The van der Waals surface area contributed by atoms with Crippen molar-refractivity contribution in [1.29, 1.82) is 0 Å². The molecule has 0 unspecified atom stereocenters. The summed E-state index contributed by atoms with van der Waals surface area (Å²) in [5.74, 6) is 0.213. The van der Waals surface area contributed by atoms with Crippen molar-refractivity contribution in [3.8, 4) is 0 Å². The highest BCUT2D eigenvalue weighted by molar-refractivity contribution is 7.86. The van der Waals surface area contributed by atoms with Gasteiger partial charge in [-0.1, -0.05) is 29.8 Å².